The van der Waals surface area contributed by atoms with Gasteiger partial charge < -0.3 is 18.9 Å². The van der Waals surface area contributed by atoms with E-state index < -0.39 is 10.0 Å². The molecule has 0 unspecified atom stereocenters. The fourth-order valence-electron chi connectivity index (χ4n) is 3.94. The fourth-order valence-corrected chi connectivity index (χ4v) is 5.02. The first-order valence-electron chi connectivity index (χ1n) is 9.82. The molecule has 0 aromatic heterocycles. The van der Waals surface area contributed by atoms with Crippen LogP contribution < -0.4 is 23.7 Å². The number of hydrogen-bond acceptors (Lipinski definition) is 6. The third kappa shape index (κ3) is 3.42. The van der Waals surface area contributed by atoms with Gasteiger partial charge in [0.1, 0.15) is 17.6 Å². The van der Waals surface area contributed by atoms with Crippen LogP contribution >= 0.6 is 0 Å². The van der Waals surface area contributed by atoms with Crippen LogP contribution in [0.1, 0.15) is 30.1 Å². The van der Waals surface area contributed by atoms with Crippen molar-refractivity contribution in [2.75, 3.05) is 18.6 Å². The highest BCUT2D eigenvalue weighted by Gasteiger charge is 2.35. The van der Waals surface area contributed by atoms with Crippen molar-refractivity contribution in [3.8, 4) is 23.0 Å². The van der Waals surface area contributed by atoms with Gasteiger partial charge >= 0.3 is 0 Å². The van der Waals surface area contributed by atoms with Crippen LogP contribution in [0.25, 0.3) is 0 Å². The van der Waals surface area contributed by atoms with Gasteiger partial charge in [0.05, 0.1) is 17.7 Å². The normalized spacial score (nSPS) is 18.9. The van der Waals surface area contributed by atoms with Crippen LogP contribution in [0, 0.1) is 0 Å². The van der Waals surface area contributed by atoms with Crippen LogP contribution in [-0.2, 0) is 10.0 Å². The highest BCUT2D eigenvalue weighted by Crippen LogP contribution is 2.50. The van der Waals surface area contributed by atoms with Crippen molar-refractivity contribution < 1.29 is 27.4 Å². The molecule has 2 atom stereocenters. The van der Waals surface area contributed by atoms with Crippen LogP contribution in [0.3, 0.4) is 0 Å². The van der Waals surface area contributed by atoms with Gasteiger partial charge in [-0.2, -0.15) is 0 Å². The first kappa shape index (κ1) is 19.6. The van der Waals surface area contributed by atoms with Gasteiger partial charge in [-0.25, -0.2) is 8.42 Å². The minimum Gasteiger partial charge on any atom is -0.494 e. The molecule has 31 heavy (non-hydrogen) atoms. The van der Waals surface area contributed by atoms with Crippen molar-refractivity contribution in [3.63, 3.8) is 0 Å². The Morgan fingerprint density at radius 2 is 1.74 bits per heavy atom. The molecule has 0 bridgehead atoms. The topological polar surface area (TPSA) is 83.1 Å². The lowest BCUT2D eigenvalue weighted by Crippen LogP contribution is -2.13. The molecular weight excluding hydrogens is 418 g/mol. The Morgan fingerprint density at radius 3 is 2.52 bits per heavy atom. The van der Waals surface area contributed by atoms with Gasteiger partial charge in [-0.3, -0.25) is 4.72 Å². The second-order valence-corrected chi connectivity index (χ2v) is 9.13. The fraction of sp³-hybridized carbons (Fsp3) is 0.217. The molecule has 2 aliphatic rings. The highest BCUT2D eigenvalue weighted by atomic mass is 32.2. The molecule has 0 amide bonds. The summed E-state index contributed by atoms with van der Waals surface area (Å²) in [5.41, 5.74) is 2.22. The molecule has 2 aliphatic heterocycles. The van der Waals surface area contributed by atoms with E-state index in [1.54, 1.807) is 42.5 Å². The van der Waals surface area contributed by atoms with Gasteiger partial charge in [0.25, 0.3) is 10.0 Å². The summed E-state index contributed by atoms with van der Waals surface area (Å²) >= 11 is 0. The van der Waals surface area contributed by atoms with Crippen molar-refractivity contribution in [2.45, 2.75) is 23.8 Å². The zero-order chi connectivity index (χ0) is 21.6. The molecule has 1 N–H and O–H groups in total. The Labute approximate surface area is 180 Å². The third-order valence-electron chi connectivity index (χ3n) is 5.55. The molecule has 7 nitrogen and oxygen atoms in total. The lowest BCUT2D eigenvalue weighted by atomic mass is 9.92. The SMILES string of the molecule is COc1cc2c(cc1NS(=O)(=O)c1ccccc1)[C@@H](C)[C@H](c1ccc3c(c1)OCO3)O2. The average molecular weight is 439 g/mol. The number of fused-ring (bicyclic) bond motifs is 2. The summed E-state index contributed by atoms with van der Waals surface area (Å²) in [7, 11) is -2.26. The Balaban J connectivity index is 1.48. The highest BCUT2D eigenvalue weighted by molar-refractivity contribution is 7.92. The first-order chi connectivity index (χ1) is 15.0. The minimum absolute atomic E-state index is 0.0127. The number of sulfonamides is 1. The predicted molar refractivity (Wildman–Crippen MR) is 115 cm³/mol. The average Bonchev–Trinajstić information content (AvgIpc) is 3.37. The van der Waals surface area contributed by atoms with E-state index in [2.05, 4.69) is 4.72 Å². The van der Waals surface area contributed by atoms with Crippen molar-refractivity contribution in [2.24, 2.45) is 0 Å². The maximum absolute atomic E-state index is 12.8. The quantitative estimate of drug-likeness (QED) is 0.632. The van der Waals surface area contributed by atoms with Crippen molar-refractivity contribution in [3.05, 3.63) is 71.8 Å². The van der Waals surface area contributed by atoms with E-state index >= 15 is 0 Å². The van der Waals surface area contributed by atoms with E-state index in [1.807, 2.05) is 25.1 Å². The van der Waals surface area contributed by atoms with Crippen LogP contribution in [-0.4, -0.2) is 22.3 Å². The van der Waals surface area contributed by atoms with E-state index in [-0.39, 0.29) is 23.7 Å². The van der Waals surface area contributed by atoms with Crippen LogP contribution in [0.5, 0.6) is 23.0 Å². The van der Waals surface area contributed by atoms with Gasteiger partial charge in [0, 0.05) is 17.5 Å². The van der Waals surface area contributed by atoms with E-state index in [9.17, 15) is 8.42 Å². The van der Waals surface area contributed by atoms with Crippen molar-refractivity contribution in [1.82, 2.24) is 0 Å². The number of anilines is 1. The van der Waals surface area contributed by atoms with Gasteiger partial charge in [-0.05, 0) is 35.9 Å². The second-order valence-electron chi connectivity index (χ2n) is 7.45. The molecule has 0 radical (unpaired) electrons. The van der Waals surface area contributed by atoms with E-state index in [4.69, 9.17) is 18.9 Å². The maximum Gasteiger partial charge on any atom is 0.262 e. The molecule has 0 saturated heterocycles. The summed E-state index contributed by atoms with van der Waals surface area (Å²) in [4.78, 5) is 0.181. The minimum atomic E-state index is -3.75. The van der Waals surface area contributed by atoms with Crippen molar-refractivity contribution in [1.29, 1.82) is 0 Å². The lowest BCUT2D eigenvalue weighted by molar-refractivity contribution is 0.173. The Kier molecular flexibility index (Phi) is 4.66. The number of ether oxygens (including phenoxy) is 4. The molecule has 3 aromatic carbocycles. The Bertz CT molecular complexity index is 1240. The van der Waals surface area contributed by atoms with Gasteiger partial charge in [0.2, 0.25) is 6.79 Å². The number of rotatable bonds is 5. The first-order valence-corrected chi connectivity index (χ1v) is 11.3. The molecular formula is C23H21NO6S. The molecule has 5 rings (SSSR count). The molecule has 160 valence electrons. The summed E-state index contributed by atoms with van der Waals surface area (Å²) in [5.74, 6) is 2.44. The van der Waals surface area contributed by atoms with E-state index in [0.717, 1.165) is 11.1 Å². The van der Waals surface area contributed by atoms with Crippen LogP contribution in [0.4, 0.5) is 5.69 Å². The van der Waals surface area contributed by atoms with Gasteiger partial charge in [0.15, 0.2) is 11.5 Å². The zero-order valence-electron chi connectivity index (χ0n) is 17.0. The van der Waals surface area contributed by atoms with Gasteiger partial charge in [-0.1, -0.05) is 31.2 Å². The van der Waals surface area contributed by atoms with Crippen LogP contribution in [0.15, 0.2) is 65.6 Å². The summed E-state index contributed by atoms with van der Waals surface area (Å²) in [5, 5.41) is 0. The largest absolute Gasteiger partial charge is 0.494 e. The summed E-state index contributed by atoms with van der Waals surface area (Å²) in [6, 6.07) is 17.5. The monoisotopic (exact) mass is 439 g/mol. The number of benzene rings is 3. The summed E-state index contributed by atoms with van der Waals surface area (Å²) < 4.78 is 50.8. The number of methoxy groups -OCH3 is 1. The molecule has 3 aromatic rings. The zero-order valence-corrected chi connectivity index (χ0v) is 17.8. The third-order valence-corrected chi connectivity index (χ3v) is 6.93. The predicted octanol–water partition coefficient (Wildman–Crippen LogP) is 4.46. The summed E-state index contributed by atoms with van der Waals surface area (Å²) in [6.07, 6.45) is -0.241. The van der Waals surface area contributed by atoms with E-state index in [1.165, 1.54) is 7.11 Å². The maximum atomic E-state index is 12.8. The summed E-state index contributed by atoms with van der Waals surface area (Å²) in [6.45, 7) is 2.26. The number of hydrogen-bond donors (Lipinski definition) is 1. The molecule has 0 fully saturated rings. The second kappa shape index (κ2) is 7.39. The number of nitrogens with one attached hydrogen (secondary N) is 1. The molecule has 0 aliphatic carbocycles. The van der Waals surface area contributed by atoms with Crippen molar-refractivity contribution >= 4 is 15.7 Å². The lowest BCUT2D eigenvalue weighted by Gasteiger charge is -2.16. The molecule has 0 spiro atoms. The molecule has 0 saturated carbocycles. The van der Waals surface area contributed by atoms with Gasteiger partial charge in [-0.15, -0.1) is 0 Å². The molecule has 8 heteroatoms. The molecule has 2 heterocycles. The van der Waals surface area contributed by atoms with E-state index in [0.29, 0.717) is 28.7 Å². The standard InChI is InChI=1S/C23H21NO6S/c1-14-17-11-18(24-31(25,26)16-6-4-3-5-7-16)21(27-2)12-20(17)30-23(14)15-8-9-19-22(10-15)29-13-28-19/h3-12,14,23-24H,13H2,1-2H3/t14-,23-/m1/s1. The smallest absolute Gasteiger partial charge is 0.262 e. The Hall–Kier alpha value is -3.39. The van der Waals surface area contributed by atoms with Crippen LogP contribution in [0.2, 0.25) is 0 Å². The Morgan fingerprint density at radius 1 is 0.968 bits per heavy atom.